The SMILES string of the molecule is Clc1cccnc1C(Cl)Cl. The largest absolute Gasteiger partial charge is 0.257 e. The van der Waals surface area contributed by atoms with E-state index in [0.717, 1.165) is 0 Å². The van der Waals surface area contributed by atoms with Gasteiger partial charge in [0.1, 0.15) is 0 Å². The smallest absolute Gasteiger partial charge is 0.151 e. The van der Waals surface area contributed by atoms with Crippen LogP contribution in [0.25, 0.3) is 0 Å². The summed E-state index contributed by atoms with van der Waals surface area (Å²) in [4.78, 5) is 3.24. The van der Waals surface area contributed by atoms with Gasteiger partial charge in [0.25, 0.3) is 0 Å². The summed E-state index contributed by atoms with van der Waals surface area (Å²) in [5.74, 6) is 0. The molecule has 0 aliphatic carbocycles. The minimum Gasteiger partial charge on any atom is -0.257 e. The van der Waals surface area contributed by atoms with Crippen LogP contribution in [0.15, 0.2) is 18.3 Å². The standard InChI is InChI=1S/C6H4Cl3N/c7-4-2-1-3-10-5(4)6(8)9/h1-3,6H. The van der Waals surface area contributed by atoms with Crippen molar-refractivity contribution in [3.05, 3.63) is 29.0 Å². The van der Waals surface area contributed by atoms with Gasteiger partial charge >= 0.3 is 0 Å². The first kappa shape index (κ1) is 8.12. The van der Waals surface area contributed by atoms with Crippen molar-refractivity contribution in [2.75, 3.05) is 0 Å². The van der Waals surface area contributed by atoms with Crippen LogP contribution < -0.4 is 0 Å². The number of aromatic nitrogens is 1. The van der Waals surface area contributed by atoms with Crippen molar-refractivity contribution >= 4 is 34.8 Å². The highest BCUT2D eigenvalue weighted by molar-refractivity contribution is 6.45. The molecular weight excluding hydrogens is 192 g/mol. The van der Waals surface area contributed by atoms with E-state index in [9.17, 15) is 0 Å². The lowest BCUT2D eigenvalue weighted by molar-refractivity contribution is 1.15. The fourth-order valence-corrected chi connectivity index (χ4v) is 1.25. The van der Waals surface area contributed by atoms with Crippen LogP contribution >= 0.6 is 34.8 Å². The van der Waals surface area contributed by atoms with Gasteiger partial charge in [-0.3, -0.25) is 4.98 Å². The zero-order chi connectivity index (χ0) is 7.56. The van der Waals surface area contributed by atoms with Gasteiger partial charge in [-0.15, -0.1) is 0 Å². The van der Waals surface area contributed by atoms with E-state index in [1.54, 1.807) is 18.3 Å². The Labute approximate surface area is 73.9 Å². The zero-order valence-electron chi connectivity index (χ0n) is 4.89. The summed E-state index contributed by atoms with van der Waals surface area (Å²) in [5.41, 5.74) is 0.507. The van der Waals surface area contributed by atoms with Crippen LogP contribution in [0, 0.1) is 0 Å². The lowest BCUT2D eigenvalue weighted by Gasteiger charge is -2.00. The predicted octanol–water partition coefficient (Wildman–Crippen LogP) is 3.21. The molecular formula is C6H4Cl3N. The van der Waals surface area contributed by atoms with Gasteiger partial charge in [-0.25, -0.2) is 0 Å². The lowest BCUT2D eigenvalue weighted by atomic mass is 10.4. The molecule has 0 N–H and O–H groups in total. The van der Waals surface area contributed by atoms with E-state index < -0.39 is 4.84 Å². The summed E-state index contributed by atoms with van der Waals surface area (Å²) in [6, 6.07) is 3.42. The fourth-order valence-electron chi connectivity index (χ4n) is 0.558. The third kappa shape index (κ3) is 1.75. The van der Waals surface area contributed by atoms with Gasteiger partial charge in [-0.1, -0.05) is 34.8 Å². The van der Waals surface area contributed by atoms with Crippen LogP contribution in [0.5, 0.6) is 0 Å². The summed E-state index contributed by atoms with van der Waals surface area (Å²) < 4.78 is 0. The summed E-state index contributed by atoms with van der Waals surface area (Å²) >= 11 is 16.7. The Morgan fingerprint density at radius 1 is 1.40 bits per heavy atom. The number of nitrogens with zero attached hydrogens (tertiary/aromatic N) is 1. The molecule has 0 aliphatic heterocycles. The van der Waals surface area contributed by atoms with E-state index in [2.05, 4.69) is 4.98 Å². The van der Waals surface area contributed by atoms with E-state index in [-0.39, 0.29) is 0 Å². The molecule has 0 saturated heterocycles. The van der Waals surface area contributed by atoms with Crippen molar-refractivity contribution in [3.63, 3.8) is 0 Å². The maximum atomic E-state index is 5.69. The molecule has 0 saturated carbocycles. The van der Waals surface area contributed by atoms with Crippen LogP contribution in [0.3, 0.4) is 0 Å². The highest BCUT2D eigenvalue weighted by Crippen LogP contribution is 2.28. The second-order valence-corrected chi connectivity index (χ2v) is 3.17. The Morgan fingerprint density at radius 2 is 2.10 bits per heavy atom. The van der Waals surface area contributed by atoms with E-state index in [1.807, 2.05) is 0 Å². The summed E-state index contributed by atoms with van der Waals surface area (Å²) in [5, 5.41) is 0.498. The van der Waals surface area contributed by atoms with Crippen LogP contribution in [0.4, 0.5) is 0 Å². The Balaban J connectivity index is 3.03. The molecule has 1 aromatic rings. The van der Waals surface area contributed by atoms with Gasteiger partial charge in [0, 0.05) is 6.20 Å². The van der Waals surface area contributed by atoms with Gasteiger partial charge < -0.3 is 0 Å². The molecule has 4 heteroatoms. The number of rotatable bonds is 1. The molecule has 0 aliphatic rings. The van der Waals surface area contributed by atoms with Crippen LogP contribution in [-0.4, -0.2) is 4.98 Å². The molecule has 1 nitrogen and oxygen atoms in total. The molecule has 0 amide bonds. The minimum absolute atomic E-state index is 0.498. The number of alkyl halides is 2. The first-order chi connectivity index (χ1) is 4.72. The maximum absolute atomic E-state index is 5.69. The molecule has 0 bridgehead atoms. The van der Waals surface area contributed by atoms with Crippen LogP contribution in [0.2, 0.25) is 5.02 Å². The van der Waals surface area contributed by atoms with Crippen molar-refractivity contribution in [2.45, 2.75) is 4.84 Å². The number of hydrogen-bond donors (Lipinski definition) is 0. The highest BCUT2D eigenvalue weighted by atomic mass is 35.5. The van der Waals surface area contributed by atoms with Gasteiger partial charge in [0.2, 0.25) is 0 Å². The molecule has 1 heterocycles. The maximum Gasteiger partial charge on any atom is 0.151 e. The Kier molecular flexibility index (Phi) is 2.78. The van der Waals surface area contributed by atoms with Crippen molar-refractivity contribution in [2.24, 2.45) is 0 Å². The number of halogens is 3. The average molecular weight is 196 g/mol. The molecule has 0 atom stereocenters. The van der Waals surface area contributed by atoms with Crippen LogP contribution in [-0.2, 0) is 0 Å². The Bertz CT molecular complexity index is 224. The summed E-state index contributed by atoms with van der Waals surface area (Å²) in [6.07, 6.45) is 1.60. The first-order valence-corrected chi connectivity index (χ1v) is 3.85. The van der Waals surface area contributed by atoms with Crippen LogP contribution in [0.1, 0.15) is 10.5 Å². The molecule has 54 valence electrons. The average Bonchev–Trinajstić information content (AvgIpc) is 1.88. The molecule has 0 spiro atoms. The number of hydrogen-bond acceptors (Lipinski definition) is 1. The second kappa shape index (κ2) is 3.42. The van der Waals surface area contributed by atoms with E-state index >= 15 is 0 Å². The number of pyridine rings is 1. The molecule has 0 fully saturated rings. The van der Waals surface area contributed by atoms with Gasteiger partial charge in [-0.05, 0) is 12.1 Å². The van der Waals surface area contributed by atoms with E-state index in [4.69, 9.17) is 34.8 Å². The lowest BCUT2D eigenvalue weighted by Crippen LogP contribution is -1.87. The second-order valence-electron chi connectivity index (χ2n) is 1.67. The third-order valence-electron chi connectivity index (χ3n) is 0.994. The van der Waals surface area contributed by atoms with Crippen molar-refractivity contribution in [1.82, 2.24) is 4.98 Å². The Morgan fingerprint density at radius 3 is 2.50 bits per heavy atom. The summed E-state index contributed by atoms with van der Waals surface area (Å²) in [7, 11) is 0. The third-order valence-corrected chi connectivity index (χ3v) is 1.73. The molecule has 1 rings (SSSR count). The zero-order valence-corrected chi connectivity index (χ0v) is 7.16. The minimum atomic E-state index is -0.645. The molecule has 0 unspecified atom stereocenters. The Hall–Kier alpha value is 0.0200. The summed E-state index contributed by atoms with van der Waals surface area (Å²) in [6.45, 7) is 0. The molecule has 10 heavy (non-hydrogen) atoms. The quantitative estimate of drug-likeness (QED) is 0.629. The highest BCUT2D eigenvalue weighted by Gasteiger charge is 2.07. The first-order valence-electron chi connectivity index (χ1n) is 2.60. The fraction of sp³-hybridized carbons (Fsp3) is 0.167. The van der Waals surface area contributed by atoms with Crippen molar-refractivity contribution in [1.29, 1.82) is 0 Å². The van der Waals surface area contributed by atoms with Gasteiger partial charge in [-0.2, -0.15) is 0 Å². The molecule has 0 radical (unpaired) electrons. The molecule has 0 aromatic carbocycles. The predicted molar refractivity (Wildman–Crippen MR) is 43.7 cm³/mol. The van der Waals surface area contributed by atoms with E-state index in [0.29, 0.717) is 10.7 Å². The molecule has 1 aromatic heterocycles. The monoisotopic (exact) mass is 195 g/mol. The van der Waals surface area contributed by atoms with Crippen molar-refractivity contribution < 1.29 is 0 Å². The van der Waals surface area contributed by atoms with Gasteiger partial charge in [0.05, 0.1) is 10.7 Å². The van der Waals surface area contributed by atoms with Gasteiger partial charge in [0.15, 0.2) is 4.84 Å². The normalized spacial score (nSPS) is 10.4. The van der Waals surface area contributed by atoms with Crippen molar-refractivity contribution in [3.8, 4) is 0 Å². The topological polar surface area (TPSA) is 12.9 Å². The van der Waals surface area contributed by atoms with E-state index in [1.165, 1.54) is 0 Å².